The van der Waals surface area contributed by atoms with Gasteiger partial charge in [0.25, 0.3) is 0 Å². The fourth-order valence-corrected chi connectivity index (χ4v) is 13.4. The molecule has 0 spiro atoms. The van der Waals surface area contributed by atoms with Gasteiger partial charge in [-0.2, -0.15) is 0 Å². The summed E-state index contributed by atoms with van der Waals surface area (Å²) in [6.07, 6.45) is 0. The Morgan fingerprint density at radius 1 is 0.357 bits per heavy atom. The van der Waals surface area contributed by atoms with Gasteiger partial charge < -0.3 is 0 Å². The van der Waals surface area contributed by atoms with Crippen molar-refractivity contribution in [3.8, 4) is 78.7 Å². The van der Waals surface area contributed by atoms with Crippen molar-refractivity contribution in [2.45, 2.75) is 58.2 Å². The molecule has 9 aromatic carbocycles. The highest BCUT2D eigenvalue weighted by molar-refractivity contribution is 6.89. The predicted octanol–water partition coefficient (Wildman–Crippen LogP) is 16.0. The Balaban J connectivity index is 1.04. The fraction of sp³-hybridized carbons (Fsp3) is 0.136. The highest BCUT2D eigenvalue weighted by Crippen LogP contribution is 2.57. The minimum absolute atomic E-state index is 0.176. The van der Waals surface area contributed by atoms with Gasteiger partial charge in [-0.05, 0) is 110 Å². The molecule has 0 unspecified atom stereocenters. The molecule has 2 aliphatic carbocycles. The topological polar surface area (TPSA) is 38.7 Å². The molecule has 0 atom stereocenters. The standard InChI is InChI=1S/C66H55N3Si/c1-42-27-32-50(33-28-42)66(51-34-29-43(2)30-35-51)57-26-14-11-23-52(57)55-41-47(31-37-58(55)66)46-20-16-22-49(40-46)63-67-62(48-21-15-19-45(39-48)44-17-9-8-10-18-44)68-64(69-63)54-36-38-59(70(5,6)7)61-60(54)53-24-12-13-25-56(53)65(61,3)4/h8-41H,1-7H3. The highest BCUT2D eigenvalue weighted by atomic mass is 28.3. The molecule has 12 rings (SSSR count). The van der Waals surface area contributed by atoms with Gasteiger partial charge >= 0.3 is 0 Å². The molecule has 0 saturated heterocycles. The normalized spacial score (nSPS) is 13.9. The summed E-state index contributed by atoms with van der Waals surface area (Å²) in [7, 11) is -1.77. The highest BCUT2D eigenvalue weighted by Gasteiger charge is 2.46. The number of hydrogen-bond acceptors (Lipinski definition) is 3. The Morgan fingerprint density at radius 3 is 1.46 bits per heavy atom. The van der Waals surface area contributed by atoms with Crippen LogP contribution in [0.4, 0.5) is 0 Å². The molecule has 0 N–H and O–H groups in total. The van der Waals surface area contributed by atoms with Crippen LogP contribution in [0.15, 0.2) is 206 Å². The molecule has 1 aromatic heterocycles. The van der Waals surface area contributed by atoms with Crippen LogP contribution in [0.25, 0.3) is 78.7 Å². The van der Waals surface area contributed by atoms with Crippen LogP contribution in [0.1, 0.15) is 58.4 Å². The van der Waals surface area contributed by atoms with E-state index in [0.717, 1.165) is 38.9 Å². The van der Waals surface area contributed by atoms with Crippen LogP contribution in [0.2, 0.25) is 19.6 Å². The Kier molecular flexibility index (Phi) is 10.2. The van der Waals surface area contributed by atoms with Gasteiger partial charge in [0.1, 0.15) is 0 Å². The maximum Gasteiger partial charge on any atom is 0.164 e. The molecule has 70 heavy (non-hydrogen) atoms. The van der Waals surface area contributed by atoms with Crippen molar-refractivity contribution in [1.82, 2.24) is 15.0 Å². The second-order valence-corrected chi connectivity index (χ2v) is 26.0. The second-order valence-electron chi connectivity index (χ2n) is 21.0. The number of nitrogens with zero attached hydrogens (tertiary/aromatic N) is 3. The lowest BCUT2D eigenvalue weighted by Crippen LogP contribution is -2.43. The van der Waals surface area contributed by atoms with E-state index in [1.165, 1.54) is 71.9 Å². The summed E-state index contributed by atoms with van der Waals surface area (Å²) in [6, 6.07) is 75.9. The number of aromatic nitrogens is 3. The largest absolute Gasteiger partial charge is 0.208 e. The van der Waals surface area contributed by atoms with Crippen molar-refractivity contribution in [2.75, 3.05) is 0 Å². The first-order valence-electron chi connectivity index (χ1n) is 24.6. The molecule has 0 radical (unpaired) electrons. The van der Waals surface area contributed by atoms with Gasteiger partial charge in [-0.15, -0.1) is 0 Å². The molecule has 0 bridgehead atoms. The Morgan fingerprint density at radius 2 is 0.843 bits per heavy atom. The van der Waals surface area contributed by atoms with E-state index < -0.39 is 13.5 Å². The summed E-state index contributed by atoms with van der Waals surface area (Å²) >= 11 is 0. The third-order valence-corrected chi connectivity index (χ3v) is 17.1. The van der Waals surface area contributed by atoms with E-state index in [2.05, 4.69) is 254 Å². The van der Waals surface area contributed by atoms with Gasteiger partial charge in [-0.25, -0.2) is 15.0 Å². The van der Waals surface area contributed by atoms with Gasteiger partial charge in [0, 0.05) is 22.1 Å². The van der Waals surface area contributed by atoms with Crippen molar-refractivity contribution in [3.05, 3.63) is 251 Å². The molecule has 338 valence electrons. The van der Waals surface area contributed by atoms with Gasteiger partial charge in [-0.1, -0.05) is 238 Å². The van der Waals surface area contributed by atoms with Crippen LogP contribution in [0.5, 0.6) is 0 Å². The lowest BCUT2D eigenvalue weighted by atomic mass is 9.67. The Labute approximate surface area is 413 Å². The van der Waals surface area contributed by atoms with Crippen molar-refractivity contribution in [3.63, 3.8) is 0 Å². The van der Waals surface area contributed by atoms with E-state index in [1.54, 1.807) is 0 Å². The van der Waals surface area contributed by atoms with E-state index in [0.29, 0.717) is 17.5 Å². The lowest BCUT2D eigenvalue weighted by molar-refractivity contribution is 0.664. The molecule has 10 aromatic rings. The molecule has 0 amide bonds. The molecule has 2 aliphatic rings. The molecule has 1 heterocycles. The number of benzene rings is 9. The second kappa shape index (κ2) is 16.4. The molecular formula is C66H55N3Si. The number of rotatable bonds is 8. The van der Waals surface area contributed by atoms with Gasteiger partial charge in [0.05, 0.1) is 13.5 Å². The molecule has 4 heteroatoms. The zero-order valence-corrected chi connectivity index (χ0v) is 42.0. The van der Waals surface area contributed by atoms with E-state index in [-0.39, 0.29) is 5.41 Å². The predicted molar refractivity (Wildman–Crippen MR) is 294 cm³/mol. The molecular weight excluding hydrogens is 863 g/mol. The quantitative estimate of drug-likeness (QED) is 0.143. The van der Waals surface area contributed by atoms with Crippen LogP contribution in [-0.2, 0) is 10.8 Å². The summed E-state index contributed by atoms with van der Waals surface area (Å²) in [5, 5.41) is 1.48. The summed E-state index contributed by atoms with van der Waals surface area (Å²) in [5.41, 5.74) is 22.2. The summed E-state index contributed by atoms with van der Waals surface area (Å²) in [4.78, 5) is 16.3. The van der Waals surface area contributed by atoms with E-state index in [4.69, 9.17) is 15.0 Å². The van der Waals surface area contributed by atoms with Crippen molar-refractivity contribution >= 4 is 13.3 Å². The number of fused-ring (bicyclic) bond motifs is 6. The third-order valence-electron chi connectivity index (χ3n) is 15.1. The summed E-state index contributed by atoms with van der Waals surface area (Å²) in [6.45, 7) is 16.5. The minimum Gasteiger partial charge on any atom is -0.208 e. The monoisotopic (exact) mass is 917 g/mol. The number of hydrogen-bond donors (Lipinski definition) is 0. The van der Waals surface area contributed by atoms with Gasteiger partial charge in [0.2, 0.25) is 0 Å². The van der Waals surface area contributed by atoms with Crippen molar-refractivity contribution < 1.29 is 0 Å². The lowest BCUT2D eigenvalue weighted by Gasteiger charge is -2.34. The Hall–Kier alpha value is -7.79. The summed E-state index contributed by atoms with van der Waals surface area (Å²) in [5.74, 6) is 1.97. The maximum absolute atomic E-state index is 5.48. The molecule has 3 nitrogen and oxygen atoms in total. The van der Waals surface area contributed by atoms with Crippen LogP contribution >= 0.6 is 0 Å². The zero-order chi connectivity index (χ0) is 47.9. The SMILES string of the molecule is Cc1ccc(C2(c3ccc(C)cc3)c3ccccc3-c3cc(-c4cccc(-c5nc(-c6cccc(-c7ccccc7)c6)nc(-c6ccc([Si](C)(C)C)c7c6-c6ccccc6C7(C)C)n5)c4)ccc32)cc1. The molecule has 0 aliphatic heterocycles. The first-order valence-corrected chi connectivity index (χ1v) is 28.1. The third kappa shape index (κ3) is 6.95. The smallest absolute Gasteiger partial charge is 0.164 e. The van der Waals surface area contributed by atoms with Crippen LogP contribution in [0.3, 0.4) is 0 Å². The maximum atomic E-state index is 5.48. The average Bonchev–Trinajstić information content (AvgIpc) is 3.82. The van der Waals surface area contributed by atoms with Crippen LogP contribution < -0.4 is 5.19 Å². The molecule has 0 fully saturated rings. The van der Waals surface area contributed by atoms with Crippen LogP contribution in [0, 0.1) is 13.8 Å². The first kappa shape index (κ1) is 43.5. The van der Waals surface area contributed by atoms with E-state index in [1.807, 2.05) is 0 Å². The number of aryl methyl sites for hydroxylation is 2. The average molecular weight is 918 g/mol. The van der Waals surface area contributed by atoms with Gasteiger partial charge in [-0.3, -0.25) is 0 Å². The fourth-order valence-electron chi connectivity index (χ4n) is 11.6. The molecule has 0 saturated carbocycles. The van der Waals surface area contributed by atoms with Gasteiger partial charge in [0.15, 0.2) is 17.5 Å². The minimum atomic E-state index is -1.77. The summed E-state index contributed by atoms with van der Waals surface area (Å²) < 4.78 is 0. The Bertz CT molecular complexity index is 3630. The first-order chi connectivity index (χ1) is 33.9. The van der Waals surface area contributed by atoms with E-state index >= 15 is 0 Å². The van der Waals surface area contributed by atoms with Crippen LogP contribution in [-0.4, -0.2) is 23.0 Å². The van der Waals surface area contributed by atoms with E-state index in [9.17, 15) is 0 Å². The van der Waals surface area contributed by atoms with Crippen molar-refractivity contribution in [2.24, 2.45) is 0 Å². The van der Waals surface area contributed by atoms with Crippen molar-refractivity contribution in [1.29, 1.82) is 0 Å². The zero-order valence-electron chi connectivity index (χ0n) is 41.0.